The number of rotatable bonds is 6. The zero-order valence-electron chi connectivity index (χ0n) is 11.4. The van der Waals surface area contributed by atoms with Gasteiger partial charge in [0.1, 0.15) is 5.76 Å². The molecule has 2 heterocycles. The Morgan fingerprint density at radius 1 is 1.37 bits per heavy atom. The fourth-order valence-corrected chi connectivity index (χ4v) is 3.33. The molecule has 0 radical (unpaired) electrons. The zero-order valence-corrected chi connectivity index (χ0v) is 14.6. The van der Waals surface area contributed by atoms with Crippen molar-refractivity contribution >= 4 is 31.9 Å². The summed E-state index contributed by atoms with van der Waals surface area (Å²) < 4.78 is 7.49. The Labute approximate surface area is 132 Å². The van der Waals surface area contributed by atoms with Crippen LogP contribution in [-0.2, 0) is 6.54 Å². The second-order valence-electron chi connectivity index (χ2n) is 5.26. The van der Waals surface area contributed by atoms with Crippen molar-refractivity contribution in [2.45, 2.75) is 32.7 Å². The first-order valence-electron chi connectivity index (χ1n) is 7.05. The molecule has 0 atom stereocenters. The fraction of sp³-hybridized carbons (Fsp3) is 0.714. The van der Waals surface area contributed by atoms with Crippen LogP contribution in [0.5, 0.6) is 0 Å². The summed E-state index contributed by atoms with van der Waals surface area (Å²) >= 11 is 6.88. The largest absolute Gasteiger partial charge is 0.452 e. The molecule has 0 saturated carbocycles. The van der Waals surface area contributed by atoms with E-state index >= 15 is 0 Å². The molecule has 0 amide bonds. The monoisotopic (exact) mass is 392 g/mol. The highest BCUT2D eigenvalue weighted by Crippen LogP contribution is 2.27. The summed E-state index contributed by atoms with van der Waals surface area (Å²) in [6.07, 6.45) is 3.78. The quantitative estimate of drug-likeness (QED) is 0.791. The molecule has 1 fully saturated rings. The molecule has 1 aromatic heterocycles. The lowest BCUT2D eigenvalue weighted by Gasteiger charge is -2.29. The second-order valence-corrected chi connectivity index (χ2v) is 6.84. The lowest BCUT2D eigenvalue weighted by molar-refractivity contribution is 0.186. The van der Waals surface area contributed by atoms with E-state index < -0.39 is 0 Å². The number of halogens is 2. The maximum atomic E-state index is 5.70. The van der Waals surface area contributed by atoms with Gasteiger partial charge in [-0.15, -0.1) is 0 Å². The fourth-order valence-electron chi connectivity index (χ4n) is 2.67. The Balaban J connectivity index is 1.91. The van der Waals surface area contributed by atoms with Crippen molar-refractivity contribution in [2.24, 2.45) is 5.92 Å². The molecule has 3 nitrogen and oxygen atoms in total. The van der Waals surface area contributed by atoms with Crippen molar-refractivity contribution in [1.29, 1.82) is 0 Å². The third-order valence-electron chi connectivity index (χ3n) is 3.59. The Bertz CT molecular complexity index is 369. The van der Waals surface area contributed by atoms with Gasteiger partial charge in [-0.1, -0.05) is 6.92 Å². The third kappa shape index (κ3) is 4.88. The normalized spacial score (nSPS) is 17.3. The summed E-state index contributed by atoms with van der Waals surface area (Å²) in [4.78, 5) is 2.52. The van der Waals surface area contributed by atoms with Crippen LogP contribution in [0.1, 0.15) is 31.9 Å². The van der Waals surface area contributed by atoms with Gasteiger partial charge < -0.3 is 9.73 Å². The van der Waals surface area contributed by atoms with Gasteiger partial charge in [0.2, 0.25) is 0 Å². The minimum Gasteiger partial charge on any atom is -0.452 e. The van der Waals surface area contributed by atoms with Crippen LogP contribution in [0.25, 0.3) is 0 Å². The van der Waals surface area contributed by atoms with Crippen molar-refractivity contribution in [3.8, 4) is 0 Å². The van der Waals surface area contributed by atoms with E-state index in [-0.39, 0.29) is 0 Å². The molecule has 0 spiro atoms. The molecule has 5 heteroatoms. The van der Waals surface area contributed by atoms with Crippen LogP contribution in [0.2, 0.25) is 0 Å². The molecule has 1 aliphatic rings. The first-order chi connectivity index (χ1) is 9.19. The highest BCUT2D eigenvalue weighted by molar-refractivity contribution is 9.13. The maximum Gasteiger partial charge on any atom is 0.183 e. The van der Waals surface area contributed by atoms with Gasteiger partial charge in [-0.2, -0.15) is 0 Å². The molecule has 0 unspecified atom stereocenters. The van der Waals surface area contributed by atoms with Crippen LogP contribution in [-0.4, -0.2) is 31.1 Å². The van der Waals surface area contributed by atoms with E-state index in [4.69, 9.17) is 4.42 Å². The van der Waals surface area contributed by atoms with E-state index in [0.29, 0.717) is 0 Å². The molecule has 2 rings (SSSR count). The number of hydrogen-bond acceptors (Lipinski definition) is 3. The minimum atomic E-state index is 0.792. The molecular formula is C14H22Br2N2O. The molecule has 0 bridgehead atoms. The minimum absolute atomic E-state index is 0.792. The maximum absolute atomic E-state index is 5.70. The zero-order chi connectivity index (χ0) is 13.7. The lowest BCUT2D eigenvalue weighted by Crippen LogP contribution is -2.36. The Morgan fingerprint density at radius 3 is 2.68 bits per heavy atom. The average Bonchev–Trinajstić information content (AvgIpc) is 2.70. The Kier molecular flexibility index (Phi) is 6.39. The number of nitrogens with zero attached hydrogens (tertiary/aromatic N) is 1. The lowest BCUT2D eigenvalue weighted by atomic mass is 9.97. The van der Waals surface area contributed by atoms with Crippen molar-refractivity contribution in [1.82, 2.24) is 10.2 Å². The third-order valence-corrected chi connectivity index (χ3v) is 5.30. The Hall–Kier alpha value is 0.160. The second kappa shape index (κ2) is 7.81. The van der Waals surface area contributed by atoms with E-state index in [1.54, 1.807) is 0 Å². The van der Waals surface area contributed by atoms with Crippen molar-refractivity contribution in [2.75, 3.05) is 26.2 Å². The summed E-state index contributed by atoms with van der Waals surface area (Å²) in [5.74, 6) is 1.86. The molecule has 1 aromatic rings. The van der Waals surface area contributed by atoms with E-state index in [0.717, 1.165) is 33.9 Å². The predicted octanol–water partition coefficient (Wildman–Crippen LogP) is 4.02. The molecule has 108 valence electrons. The highest BCUT2D eigenvalue weighted by atomic mass is 79.9. The molecule has 1 aliphatic heterocycles. The Morgan fingerprint density at radius 2 is 2.11 bits per heavy atom. The predicted molar refractivity (Wildman–Crippen MR) is 85.3 cm³/mol. The standard InChI is InChI=1S/C14H22Br2N2O/c1-2-7-18(9-11-3-5-17-6-4-11)10-12-8-13(15)14(16)19-12/h8,11,17H,2-7,9-10H2,1H3. The summed E-state index contributed by atoms with van der Waals surface area (Å²) in [5.41, 5.74) is 0. The van der Waals surface area contributed by atoms with Gasteiger partial charge in [-0.25, -0.2) is 0 Å². The molecule has 1 N–H and O–H groups in total. The van der Waals surface area contributed by atoms with Crippen LogP contribution in [0.15, 0.2) is 19.6 Å². The van der Waals surface area contributed by atoms with Gasteiger partial charge in [0.05, 0.1) is 11.0 Å². The summed E-state index contributed by atoms with van der Waals surface area (Å²) in [6.45, 7) is 7.81. The van der Waals surface area contributed by atoms with Gasteiger partial charge in [0.25, 0.3) is 0 Å². The molecule has 0 aliphatic carbocycles. The van der Waals surface area contributed by atoms with Crippen molar-refractivity contribution < 1.29 is 4.42 Å². The van der Waals surface area contributed by atoms with Crippen molar-refractivity contribution in [3.63, 3.8) is 0 Å². The first kappa shape index (κ1) is 15.5. The number of piperidine rings is 1. The molecule has 1 saturated heterocycles. The van der Waals surface area contributed by atoms with Crippen LogP contribution in [0.4, 0.5) is 0 Å². The molecule has 0 aromatic carbocycles. The van der Waals surface area contributed by atoms with Crippen LogP contribution in [0.3, 0.4) is 0 Å². The van der Waals surface area contributed by atoms with Gasteiger partial charge in [-0.3, -0.25) is 4.90 Å². The highest BCUT2D eigenvalue weighted by Gasteiger charge is 2.18. The van der Waals surface area contributed by atoms with Crippen molar-refractivity contribution in [3.05, 3.63) is 21.0 Å². The van der Waals surface area contributed by atoms with E-state index in [9.17, 15) is 0 Å². The number of furan rings is 1. The van der Waals surface area contributed by atoms with Gasteiger partial charge in [-0.05, 0) is 82.7 Å². The summed E-state index contributed by atoms with van der Waals surface area (Å²) in [5, 5.41) is 3.43. The summed E-state index contributed by atoms with van der Waals surface area (Å²) in [6, 6.07) is 2.06. The van der Waals surface area contributed by atoms with E-state index in [2.05, 4.69) is 55.1 Å². The first-order valence-corrected chi connectivity index (χ1v) is 8.64. The molecule has 19 heavy (non-hydrogen) atoms. The van der Waals surface area contributed by atoms with Gasteiger partial charge in [0, 0.05) is 6.54 Å². The topological polar surface area (TPSA) is 28.4 Å². The number of hydrogen-bond donors (Lipinski definition) is 1. The van der Waals surface area contributed by atoms with Gasteiger partial charge >= 0.3 is 0 Å². The SMILES string of the molecule is CCCN(Cc1cc(Br)c(Br)o1)CC1CCNCC1. The van der Waals surface area contributed by atoms with Gasteiger partial charge in [0.15, 0.2) is 4.67 Å². The summed E-state index contributed by atoms with van der Waals surface area (Å²) in [7, 11) is 0. The molecular weight excluding hydrogens is 372 g/mol. The van der Waals surface area contributed by atoms with Crippen LogP contribution < -0.4 is 5.32 Å². The van der Waals surface area contributed by atoms with Crippen LogP contribution >= 0.6 is 31.9 Å². The smallest absolute Gasteiger partial charge is 0.183 e. The average molecular weight is 394 g/mol. The van der Waals surface area contributed by atoms with E-state index in [1.165, 1.54) is 38.9 Å². The number of nitrogens with one attached hydrogen (secondary N) is 1. The van der Waals surface area contributed by atoms with Crippen LogP contribution in [0, 0.1) is 5.92 Å². The van der Waals surface area contributed by atoms with E-state index in [1.807, 2.05) is 0 Å².